The summed E-state index contributed by atoms with van der Waals surface area (Å²) in [6, 6.07) is 2.32. The second kappa shape index (κ2) is 4.83. The van der Waals surface area contributed by atoms with Crippen molar-refractivity contribution >= 4 is 24.3 Å². The van der Waals surface area contributed by atoms with Gasteiger partial charge in [-0.2, -0.15) is 0 Å². The molecule has 0 bridgehead atoms. The van der Waals surface area contributed by atoms with Gasteiger partial charge in [0.25, 0.3) is 0 Å². The van der Waals surface area contributed by atoms with Crippen molar-refractivity contribution in [2.24, 2.45) is 0 Å². The first kappa shape index (κ1) is 11.6. The Balaban J connectivity index is 3.39. The second-order valence-electron chi connectivity index (χ2n) is 2.85. The quantitative estimate of drug-likeness (QED) is 0.358. The Bertz CT molecular complexity index is 478. The van der Waals surface area contributed by atoms with Crippen molar-refractivity contribution in [3.63, 3.8) is 0 Å². The van der Waals surface area contributed by atoms with Gasteiger partial charge in [-0.05, 0) is 17.7 Å². The van der Waals surface area contributed by atoms with E-state index in [9.17, 15) is 24.8 Å². The zero-order valence-electron chi connectivity index (χ0n) is 7.99. The molecule has 0 unspecified atom stereocenters. The van der Waals surface area contributed by atoms with Crippen LogP contribution in [0, 0.1) is 10.1 Å². The maximum absolute atomic E-state index is 10.6. The fourth-order valence-electron chi connectivity index (χ4n) is 1.14. The number of carbonyl (C=O) groups excluding carboxylic acids is 2. The molecule has 16 heavy (non-hydrogen) atoms. The van der Waals surface area contributed by atoms with Crippen LogP contribution in [0.3, 0.4) is 0 Å². The summed E-state index contributed by atoms with van der Waals surface area (Å²) in [6.07, 6.45) is 3.23. The second-order valence-corrected chi connectivity index (χ2v) is 2.85. The van der Waals surface area contributed by atoms with Gasteiger partial charge in [0, 0.05) is 6.07 Å². The normalized spacial score (nSPS) is 10.2. The smallest absolute Gasteiger partial charge is 0.312 e. The maximum Gasteiger partial charge on any atom is 0.312 e. The molecule has 0 radical (unpaired) electrons. The van der Waals surface area contributed by atoms with Crippen LogP contribution in [0.25, 0.3) is 6.08 Å². The zero-order valence-corrected chi connectivity index (χ0v) is 7.99. The van der Waals surface area contributed by atoms with Crippen molar-refractivity contribution in [3.05, 3.63) is 39.4 Å². The van der Waals surface area contributed by atoms with E-state index in [1.807, 2.05) is 0 Å². The lowest BCUT2D eigenvalue weighted by Gasteiger charge is -2.00. The molecule has 6 nitrogen and oxygen atoms in total. The number of allylic oxidation sites excluding steroid dienone is 1. The third-order valence-electron chi connectivity index (χ3n) is 1.83. The third kappa shape index (κ3) is 2.30. The summed E-state index contributed by atoms with van der Waals surface area (Å²) in [4.78, 5) is 30.4. The number of nitro benzene ring substituents is 1. The van der Waals surface area contributed by atoms with Crippen molar-refractivity contribution in [1.29, 1.82) is 0 Å². The van der Waals surface area contributed by atoms with Gasteiger partial charge in [0.2, 0.25) is 5.75 Å². The molecule has 0 aliphatic heterocycles. The van der Waals surface area contributed by atoms with E-state index in [4.69, 9.17) is 0 Å². The van der Waals surface area contributed by atoms with Gasteiger partial charge in [-0.1, -0.05) is 6.08 Å². The molecule has 0 saturated heterocycles. The SMILES string of the molecule is O=CC=Cc1cc(C=O)c(O)c([N+](=O)[O-])c1. The van der Waals surface area contributed by atoms with E-state index in [0.717, 1.165) is 12.1 Å². The van der Waals surface area contributed by atoms with Crippen molar-refractivity contribution in [2.45, 2.75) is 0 Å². The molecule has 1 aromatic carbocycles. The zero-order chi connectivity index (χ0) is 12.1. The number of aldehydes is 2. The van der Waals surface area contributed by atoms with Gasteiger partial charge in [0.15, 0.2) is 6.29 Å². The molecule has 0 spiro atoms. The lowest BCUT2D eigenvalue weighted by atomic mass is 10.1. The molecule has 1 rings (SSSR count). The number of nitro groups is 1. The van der Waals surface area contributed by atoms with Crippen LogP contribution >= 0.6 is 0 Å². The van der Waals surface area contributed by atoms with Gasteiger partial charge in [-0.3, -0.25) is 19.7 Å². The lowest BCUT2D eigenvalue weighted by molar-refractivity contribution is -0.385. The van der Waals surface area contributed by atoms with Crippen molar-refractivity contribution in [1.82, 2.24) is 0 Å². The minimum absolute atomic E-state index is 0.195. The predicted octanol–water partition coefficient (Wildman–Crippen LogP) is 1.32. The van der Waals surface area contributed by atoms with Crippen LogP contribution in [0.15, 0.2) is 18.2 Å². The summed E-state index contributed by atoms with van der Waals surface area (Å²) in [5, 5.41) is 19.9. The average molecular weight is 221 g/mol. The number of nitrogens with zero attached hydrogens (tertiary/aromatic N) is 1. The first-order valence-corrected chi connectivity index (χ1v) is 4.18. The molecule has 0 aromatic heterocycles. The highest BCUT2D eigenvalue weighted by molar-refractivity contribution is 5.84. The minimum atomic E-state index is -0.805. The number of phenols is 1. The standard InChI is InChI=1S/C10H7NO5/c12-3-1-2-7-4-8(6-13)10(14)9(5-7)11(15)16/h1-6,14H. The molecular weight excluding hydrogens is 214 g/mol. The number of benzene rings is 1. The van der Waals surface area contributed by atoms with Gasteiger partial charge in [0.05, 0.1) is 10.5 Å². The van der Waals surface area contributed by atoms with Gasteiger partial charge in [-0.25, -0.2) is 0 Å². The highest BCUT2D eigenvalue weighted by Gasteiger charge is 2.17. The van der Waals surface area contributed by atoms with Crippen LogP contribution < -0.4 is 0 Å². The molecule has 0 aliphatic carbocycles. The van der Waals surface area contributed by atoms with Crippen LogP contribution in [0.2, 0.25) is 0 Å². The molecule has 0 aliphatic rings. The van der Waals surface area contributed by atoms with E-state index < -0.39 is 16.4 Å². The first-order chi connectivity index (χ1) is 7.60. The summed E-state index contributed by atoms with van der Waals surface area (Å²) in [5.41, 5.74) is -0.478. The molecular formula is C10H7NO5. The molecule has 0 heterocycles. The number of carbonyl (C=O) groups is 2. The summed E-state index contributed by atoms with van der Waals surface area (Å²) < 4.78 is 0. The van der Waals surface area contributed by atoms with Crippen LogP contribution in [0.5, 0.6) is 5.75 Å². The van der Waals surface area contributed by atoms with E-state index in [-0.39, 0.29) is 5.56 Å². The summed E-state index contributed by atoms with van der Waals surface area (Å²) in [6.45, 7) is 0. The van der Waals surface area contributed by atoms with Gasteiger partial charge < -0.3 is 5.11 Å². The van der Waals surface area contributed by atoms with Gasteiger partial charge >= 0.3 is 5.69 Å². The van der Waals surface area contributed by atoms with Crippen LogP contribution in [-0.2, 0) is 4.79 Å². The summed E-state index contributed by atoms with van der Waals surface area (Å²) in [7, 11) is 0. The van der Waals surface area contributed by atoms with Crippen LogP contribution in [-0.4, -0.2) is 22.6 Å². The lowest BCUT2D eigenvalue weighted by Crippen LogP contribution is -1.93. The van der Waals surface area contributed by atoms with Crippen LogP contribution in [0.1, 0.15) is 15.9 Å². The monoisotopic (exact) mass is 221 g/mol. The largest absolute Gasteiger partial charge is 0.502 e. The Morgan fingerprint density at radius 3 is 2.50 bits per heavy atom. The van der Waals surface area contributed by atoms with Crippen molar-refractivity contribution < 1.29 is 19.6 Å². The summed E-state index contributed by atoms with van der Waals surface area (Å²) >= 11 is 0. The Kier molecular flexibility index (Phi) is 3.49. The predicted molar refractivity (Wildman–Crippen MR) is 55.2 cm³/mol. The number of phenolic OH excluding ortho intramolecular Hbond substituents is 1. The number of aromatic hydroxyl groups is 1. The molecule has 0 saturated carbocycles. The molecule has 0 fully saturated rings. The summed E-state index contributed by atoms with van der Waals surface area (Å²) in [5.74, 6) is -0.678. The molecule has 1 aromatic rings. The molecule has 0 atom stereocenters. The fourth-order valence-corrected chi connectivity index (χ4v) is 1.14. The van der Waals surface area contributed by atoms with E-state index in [2.05, 4.69) is 0 Å². The van der Waals surface area contributed by atoms with E-state index in [1.54, 1.807) is 0 Å². The number of hydrogen-bond acceptors (Lipinski definition) is 5. The van der Waals surface area contributed by atoms with E-state index >= 15 is 0 Å². The van der Waals surface area contributed by atoms with E-state index in [0.29, 0.717) is 18.1 Å². The third-order valence-corrected chi connectivity index (χ3v) is 1.83. The Morgan fingerprint density at radius 2 is 2.00 bits per heavy atom. The van der Waals surface area contributed by atoms with Gasteiger partial charge in [-0.15, -0.1) is 0 Å². The highest BCUT2D eigenvalue weighted by Crippen LogP contribution is 2.30. The van der Waals surface area contributed by atoms with Gasteiger partial charge in [0.1, 0.15) is 6.29 Å². The Hall–Kier alpha value is -2.50. The van der Waals surface area contributed by atoms with E-state index in [1.165, 1.54) is 12.1 Å². The first-order valence-electron chi connectivity index (χ1n) is 4.18. The maximum atomic E-state index is 10.6. The number of hydrogen-bond donors (Lipinski definition) is 1. The van der Waals surface area contributed by atoms with Crippen molar-refractivity contribution in [3.8, 4) is 5.75 Å². The Labute approximate surface area is 90.0 Å². The topological polar surface area (TPSA) is 97.5 Å². The Morgan fingerprint density at radius 1 is 1.31 bits per heavy atom. The minimum Gasteiger partial charge on any atom is -0.502 e. The van der Waals surface area contributed by atoms with Crippen molar-refractivity contribution in [2.75, 3.05) is 0 Å². The molecule has 0 amide bonds. The average Bonchev–Trinajstić information content (AvgIpc) is 2.27. The molecule has 6 heteroatoms. The fraction of sp³-hybridized carbons (Fsp3) is 0. The number of rotatable bonds is 4. The van der Waals surface area contributed by atoms with Crippen LogP contribution in [0.4, 0.5) is 5.69 Å². The molecule has 82 valence electrons. The molecule has 1 N–H and O–H groups in total. The highest BCUT2D eigenvalue weighted by atomic mass is 16.6.